The lowest BCUT2D eigenvalue weighted by Gasteiger charge is -2.41. The van der Waals surface area contributed by atoms with Crippen molar-refractivity contribution in [2.75, 3.05) is 6.61 Å². The van der Waals surface area contributed by atoms with Gasteiger partial charge in [-0.15, -0.1) is 0 Å². The average Bonchev–Trinajstić information content (AvgIpc) is 2.48. The molecule has 3 atom stereocenters. The van der Waals surface area contributed by atoms with Crippen molar-refractivity contribution >= 4 is 6.16 Å². The number of carbonyl (C=O) groups excluding carboxylic acids is 1. The Morgan fingerprint density at radius 1 is 1.40 bits per heavy atom. The molecule has 0 amide bonds. The molecule has 1 N–H and O–H groups in total. The number of hydrogen-bond acceptors (Lipinski definition) is 4. The summed E-state index contributed by atoms with van der Waals surface area (Å²) in [6, 6.07) is 0.338. The first kappa shape index (κ1) is 13.4. The number of carbonyl (C=O) groups is 1. The molecule has 3 aliphatic rings. The van der Waals surface area contributed by atoms with Gasteiger partial charge in [0.15, 0.2) is 6.23 Å². The molecule has 3 rings (SSSR count). The number of ether oxygens (including phenoxy) is 2. The molecule has 2 aliphatic carbocycles. The molecular formula is C16H21NO3. The van der Waals surface area contributed by atoms with E-state index in [2.05, 4.69) is 23.5 Å². The van der Waals surface area contributed by atoms with Crippen LogP contribution in [-0.2, 0) is 9.47 Å². The van der Waals surface area contributed by atoms with Gasteiger partial charge < -0.3 is 9.47 Å². The van der Waals surface area contributed by atoms with Crippen LogP contribution in [0.15, 0.2) is 35.5 Å². The topological polar surface area (TPSA) is 47.6 Å². The van der Waals surface area contributed by atoms with Gasteiger partial charge in [-0.2, -0.15) is 0 Å². The minimum atomic E-state index is -0.591. The van der Waals surface area contributed by atoms with E-state index in [9.17, 15) is 4.79 Å². The van der Waals surface area contributed by atoms with E-state index in [1.165, 1.54) is 24.0 Å². The molecule has 20 heavy (non-hydrogen) atoms. The fraction of sp³-hybridized carbons (Fsp3) is 0.562. The largest absolute Gasteiger partial charge is 0.509 e. The summed E-state index contributed by atoms with van der Waals surface area (Å²) < 4.78 is 10.4. The van der Waals surface area contributed by atoms with Crippen molar-refractivity contribution in [3.63, 3.8) is 0 Å². The first-order valence-corrected chi connectivity index (χ1v) is 7.47. The van der Waals surface area contributed by atoms with Crippen LogP contribution in [0.3, 0.4) is 0 Å². The van der Waals surface area contributed by atoms with Gasteiger partial charge in [0, 0.05) is 6.04 Å². The van der Waals surface area contributed by atoms with Crippen LogP contribution in [0.4, 0.5) is 4.79 Å². The maximum Gasteiger partial charge on any atom is 0.509 e. The molecule has 1 heterocycles. The maximum atomic E-state index is 11.6. The molecule has 0 radical (unpaired) electrons. The Morgan fingerprint density at radius 2 is 2.30 bits per heavy atom. The van der Waals surface area contributed by atoms with E-state index < -0.39 is 6.16 Å². The molecule has 1 fully saturated rings. The Labute approximate surface area is 119 Å². The second kappa shape index (κ2) is 5.83. The van der Waals surface area contributed by atoms with Crippen molar-refractivity contribution in [1.29, 1.82) is 0 Å². The van der Waals surface area contributed by atoms with Crippen molar-refractivity contribution in [2.45, 2.75) is 44.9 Å². The summed E-state index contributed by atoms with van der Waals surface area (Å²) >= 11 is 0. The molecule has 4 nitrogen and oxygen atoms in total. The van der Waals surface area contributed by atoms with Gasteiger partial charge in [-0.05, 0) is 37.3 Å². The number of fused-ring (bicyclic) bond motifs is 2. The zero-order valence-electron chi connectivity index (χ0n) is 11.8. The van der Waals surface area contributed by atoms with Crippen molar-refractivity contribution < 1.29 is 14.3 Å². The first-order chi connectivity index (χ1) is 9.79. The third-order valence-corrected chi connectivity index (χ3v) is 4.22. The van der Waals surface area contributed by atoms with Crippen LogP contribution in [0.5, 0.6) is 0 Å². The summed E-state index contributed by atoms with van der Waals surface area (Å²) in [6.45, 7) is 2.12. The van der Waals surface area contributed by atoms with Crippen molar-refractivity contribution in [1.82, 2.24) is 5.32 Å². The molecule has 0 aromatic rings. The van der Waals surface area contributed by atoms with Gasteiger partial charge >= 0.3 is 6.16 Å². The molecule has 108 valence electrons. The SMILES string of the molecule is CCOC(=O)OC1NC2CCCCC2=C2C=CC=CC21. The second-order valence-corrected chi connectivity index (χ2v) is 5.44. The third kappa shape index (κ3) is 2.52. The average molecular weight is 275 g/mol. The quantitative estimate of drug-likeness (QED) is 0.787. The van der Waals surface area contributed by atoms with Crippen LogP contribution >= 0.6 is 0 Å². The van der Waals surface area contributed by atoms with Crippen LogP contribution in [0.2, 0.25) is 0 Å². The van der Waals surface area contributed by atoms with E-state index in [0.717, 1.165) is 12.8 Å². The Hall–Kier alpha value is -1.55. The minimum Gasteiger partial charge on any atom is -0.435 e. The summed E-state index contributed by atoms with van der Waals surface area (Å²) in [4.78, 5) is 11.6. The predicted molar refractivity (Wildman–Crippen MR) is 76.1 cm³/mol. The van der Waals surface area contributed by atoms with Crippen LogP contribution in [0, 0.1) is 5.92 Å². The summed E-state index contributed by atoms with van der Waals surface area (Å²) in [5.41, 5.74) is 2.82. The van der Waals surface area contributed by atoms with Gasteiger partial charge in [-0.25, -0.2) is 4.79 Å². The van der Waals surface area contributed by atoms with Gasteiger partial charge in [0.05, 0.1) is 12.5 Å². The molecular weight excluding hydrogens is 254 g/mol. The summed E-state index contributed by atoms with van der Waals surface area (Å²) in [5.74, 6) is 0.105. The van der Waals surface area contributed by atoms with Crippen LogP contribution < -0.4 is 5.32 Å². The number of hydrogen-bond donors (Lipinski definition) is 1. The highest BCUT2D eigenvalue weighted by Crippen LogP contribution is 2.38. The monoisotopic (exact) mass is 275 g/mol. The fourth-order valence-corrected chi connectivity index (χ4v) is 3.35. The summed E-state index contributed by atoms with van der Waals surface area (Å²) in [7, 11) is 0. The molecule has 0 saturated heterocycles. The molecule has 0 aromatic heterocycles. The molecule has 0 bridgehead atoms. The normalized spacial score (nSPS) is 31.6. The van der Waals surface area contributed by atoms with Gasteiger partial charge in [0.2, 0.25) is 0 Å². The maximum absolute atomic E-state index is 11.6. The molecule has 3 unspecified atom stereocenters. The first-order valence-electron chi connectivity index (χ1n) is 7.47. The highest BCUT2D eigenvalue weighted by atomic mass is 16.7. The van der Waals surface area contributed by atoms with Gasteiger partial charge in [0.1, 0.15) is 0 Å². The highest BCUT2D eigenvalue weighted by molar-refractivity contribution is 5.60. The van der Waals surface area contributed by atoms with Gasteiger partial charge in [-0.1, -0.05) is 30.7 Å². The van der Waals surface area contributed by atoms with Crippen molar-refractivity contribution in [2.24, 2.45) is 5.92 Å². The lowest BCUT2D eigenvalue weighted by atomic mass is 9.77. The van der Waals surface area contributed by atoms with Crippen LogP contribution in [0.25, 0.3) is 0 Å². The molecule has 1 saturated carbocycles. The lowest BCUT2D eigenvalue weighted by Crippen LogP contribution is -2.51. The van der Waals surface area contributed by atoms with Gasteiger partial charge in [0.25, 0.3) is 0 Å². The zero-order valence-corrected chi connectivity index (χ0v) is 11.8. The molecule has 4 heteroatoms. The smallest absolute Gasteiger partial charge is 0.435 e. The third-order valence-electron chi connectivity index (χ3n) is 4.22. The van der Waals surface area contributed by atoms with Crippen molar-refractivity contribution in [3.05, 3.63) is 35.5 Å². The van der Waals surface area contributed by atoms with E-state index in [4.69, 9.17) is 9.47 Å². The Kier molecular flexibility index (Phi) is 3.92. The zero-order chi connectivity index (χ0) is 13.9. The molecule has 0 spiro atoms. The number of allylic oxidation sites excluding steroid dienone is 3. The number of nitrogens with one attached hydrogen (secondary N) is 1. The summed E-state index contributed by atoms with van der Waals surface area (Å²) in [6.07, 6.45) is 12.2. The number of rotatable bonds is 2. The van der Waals surface area contributed by atoms with E-state index in [1.807, 2.05) is 6.08 Å². The Morgan fingerprint density at radius 3 is 3.15 bits per heavy atom. The van der Waals surface area contributed by atoms with Crippen LogP contribution in [-0.4, -0.2) is 25.0 Å². The van der Waals surface area contributed by atoms with Gasteiger partial charge in [-0.3, -0.25) is 5.32 Å². The fourth-order valence-electron chi connectivity index (χ4n) is 3.35. The second-order valence-electron chi connectivity index (χ2n) is 5.44. The van der Waals surface area contributed by atoms with Crippen molar-refractivity contribution in [3.8, 4) is 0 Å². The van der Waals surface area contributed by atoms with E-state index >= 15 is 0 Å². The highest BCUT2D eigenvalue weighted by Gasteiger charge is 2.37. The van der Waals surface area contributed by atoms with Crippen LogP contribution in [0.1, 0.15) is 32.6 Å². The standard InChI is InChI=1S/C16H21NO3/c1-2-19-16(18)20-15-13-9-4-3-7-11(13)12-8-5-6-10-14(12)17-15/h3-4,7,9,13-15,17H,2,5-6,8,10H2,1H3. The van der Waals surface area contributed by atoms with E-state index in [0.29, 0.717) is 12.6 Å². The summed E-state index contributed by atoms with van der Waals surface area (Å²) in [5, 5.41) is 3.48. The van der Waals surface area contributed by atoms with E-state index in [-0.39, 0.29) is 12.1 Å². The lowest BCUT2D eigenvalue weighted by molar-refractivity contribution is -0.00470. The minimum absolute atomic E-state index is 0.105. The Balaban J connectivity index is 1.83. The predicted octanol–water partition coefficient (Wildman–Crippen LogP) is 3.07. The van der Waals surface area contributed by atoms with E-state index in [1.54, 1.807) is 6.92 Å². The molecule has 1 aliphatic heterocycles. The molecule has 0 aromatic carbocycles. The Bertz CT molecular complexity index is 478.